The van der Waals surface area contributed by atoms with Gasteiger partial charge in [-0.2, -0.15) is 0 Å². The van der Waals surface area contributed by atoms with E-state index in [4.69, 9.17) is 9.47 Å². The van der Waals surface area contributed by atoms with E-state index in [1.54, 1.807) is 0 Å². The first-order valence-electron chi connectivity index (χ1n) is 5.77. The summed E-state index contributed by atoms with van der Waals surface area (Å²) >= 11 is 0.0762. The van der Waals surface area contributed by atoms with Gasteiger partial charge in [0.15, 0.2) is 0 Å². The molecule has 2 aliphatic heterocycles. The third-order valence-electron chi connectivity index (χ3n) is 3.06. The van der Waals surface area contributed by atoms with Gasteiger partial charge in [-0.3, -0.25) is 0 Å². The first-order chi connectivity index (χ1) is 8.92. The van der Waals surface area contributed by atoms with Crippen LogP contribution in [0.2, 0.25) is 0 Å². The van der Waals surface area contributed by atoms with Gasteiger partial charge in [0.05, 0.1) is 0 Å². The van der Waals surface area contributed by atoms with Crippen molar-refractivity contribution in [3.8, 4) is 11.5 Å². The summed E-state index contributed by atoms with van der Waals surface area (Å²) in [5.41, 5.74) is 0. The SMILES string of the molecule is C1=CC2=C(C[I-]1)Oc1cccc3cccc(c13)O2. The number of benzene rings is 2. The fourth-order valence-electron chi connectivity index (χ4n) is 2.24. The van der Waals surface area contributed by atoms with E-state index in [9.17, 15) is 0 Å². The van der Waals surface area contributed by atoms with Gasteiger partial charge in [0.25, 0.3) is 0 Å². The summed E-state index contributed by atoms with van der Waals surface area (Å²) in [6.45, 7) is 0. The number of halogens is 1. The van der Waals surface area contributed by atoms with Gasteiger partial charge in [0.2, 0.25) is 0 Å². The summed E-state index contributed by atoms with van der Waals surface area (Å²) in [6, 6.07) is 12.2. The second-order valence-electron chi connectivity index (χ2n) is 4.18. The van der Waals surface area contributed by atoms with Crippen molar-refractivity contribution in [1.82, 2.24) is 0 Å². The molecule has 0 unspecified atom stereocenters. The van der Waals surface area contributed by atoms with Crippen LogP contribution in [0.5, 0.6) is 11.5 Å². The van der Waals surface area contributed by atoms with Gasteiger partial charge >= 0.3 is 115 Å². The van der Waals surface area contributed by atoms with Crippen molar-refractivity contribution >= 4 is 10.8 Å². The third kappa shape index (κ3) is 1.54. The van der Waals surface area contributed by atoms with Gasteiger partial charge in [0.1, 0.15) is 0 Å². The standard InChI is InChI=1S/C15H10IO2/c1-3-10-4-2-6-13-15(10)12(5-1)17-11-7-8-16-9-14(11)18-13/h1-8H,9H2/q-1. The molecule has 18 heavy (non-hydrogen) atoms. The summed E-state index contributed by atoms with van der Waals surface area (Å²) in [7, 11) is 0. The molecule has 0 atom stereocenters. The van der Waals surface area contributed by atoms with Crippen molar-refractivity contribution < 1.29 is 30.7 Å². The Kier molecular flexibility index (Phi) is 2.33. The topological polar surface area (TPSA) is 18.5 Å². The van der Waals surface area contributed by atoms with Crippen LogP contribution in [-0.4, -0.2) is 4.43 Å². The Morgan fingerprint density at radius 1 is 0.944 bits per heavy atom. The normalized spacial score (nSPS) is 17.3. The van der Waals surface area contributed by atoms with E-state index >= 15 is 0 Å². The van der Waals surface area contributed by atoms with Crippen LogP contribution in [0.3, 0.4) is 0 Å². The molecule has 0 fully saturated rings. The molecule has 2 nitrogen and oxygen atoms in total. The number of ether oxygens (including phenoxy) is 2. The molecule has 0 spiro atoms. The number of rotatable bonds is 0. The Labute approximate surface area is 115 Å². The maximum absolute atomic E-state index is 6.06. The fraction of sp³-hybridized carbons (Fsp3) is 0.0667. The Morgan fingerprint density at radius 2 is 1.72 bits per heavy atom. The van der Waals surface area contributed by atoms with Crippen molar-refractivity contribution in [1.29, 1.82) is 0 Å². The zero-order chi connectivity index (χ0) is 11.9. The second-order valence-corrected chi connectivity index (χ2v) is 6.55. The van der Waals surface area contributed by atoms with Crippen LogP contribution in [0.25, 0.3) is 10.8 Å². The van der Waals surface area contributed by atoms with Gasteiger partial charge in [-0.15, -0.1) is 0 Å². The molecule has 0 saturated carbocycles. The summed E-state index contributed by atoms with van der Waals surface area (Å²) in [6.07, 6.45) is 2.05. The van der Waals surface area contributed by atoms with E-state index in [-0.39, 0.29) is 21.2 Å². The van der Waals surface area contributed by atoms with Crippen molar-refractivity contribution in [2.75, 3.05) is 4.43 Å². The molecule has 0 N–H and O–H groups in total. The number of hydrogen-bond donors (Lipinski definition) is 0. The molecule has 2 heterocycles. The first-order valence-corrected chi connectivity index (χ1v) is 8.54. The van der Waals surface area contributed by atoms with E-state index in [1.807, 2.05) is 24.3 Å². The Morgan fingerprint density at radius 3 is 2.56 bits per heavy atom. The van der Waals surface area contributed by atoms with E-state index in [1.165, 1.54) is 0 Å². The van der Waals surface area contributed by atoms with Gasteiger partial charge in [0, 0.05) is 0 Å². The summed E-state index contributed by atoms with van der Waals surface area (Å²) in [5.74, 6) is 3.64. The van der Waals surface area contributed by atoms with Crippen LogP contribution in [0.1, 0.15) is 0 Å². The number of hydrogen-bond acceptors (Lipinski definition) is 2. The van der Waals surface area contributed by atoms with E-state index in [0.717, 1.165) is 38.2 Å². The molecule has 4 rings (SSSR count). The fourth-order valence-corrected chi connectivity index (χ4v) is 4.00. The van der Waals surface area contributed by atoms with Crippen LogP contribution >= 0.6 is 0 Å². The van der Waals surface area contributed by atoms with E-state index in [2.05, 4.69) is 22.3 Å². The Bertz CT molecular complexity index is 695. The molecule has 90 valence electrons. The molecule has 2 aromatic carbocycles. The van der Waals surface area contributed by atoms with Crippen molar-refractivity contribution in [3.05, 3.63) is 58.1 Å². The molecule has 0 amide bonds. The Hall–Kier alpha value is -1.49. The van der Waals surface area contributed by atoms with Crippen molar-refractivity contribution in [2.45, 2.75) is 0 Å². The van der Waals surface area contributed by atoms with Gasteiger partial charge < -0.3 is 0 Å². The average molecular weight is 349 g/mol. The number of alkyl halides is 1. The molecule has 0 radical (unpaired) electrons. The maximum atomic E-state index is 6.06. The molecule has 0 saturated heterocycles. The molecule has 0 aromatic heterocycles. The van der Waals surface area contributed by atoms with Crippen molar-refractivity contribution in [2.24, 2.45) is 0 Å². The summed E-state index contributed by atoms with van der Waals surface area (Å²) in [4.78, 5) is 0. The molecule has 0 bridgehead atoms. The second kappa shape index (κ2) is 4.02. The molecule has 3 heteroatoms. The molecule has 0 aliphatic carbocycles. The zero-order valence-corrected chi connectivity index (χ0v) is 11.7. The monoisotopic (exact) mass is 349 g/mol. The predicted molar refractivity (Wildman–Crippen MR) is 66.2 cm³/mol. The van der Waals surface area contributed by atoms with Gasteiger partial charge in [-0.1, -0.05) is 0 Å². The quantitative estimate of drug-likeness (QED) is 0.508. The summed E-state index contributed by atoms with van der Waals surface area (Å²) < 4.78 is 15.3. The van der Waals surface area contributed by atoms with Crippen LogP contribution in [0.4, 0.5) is 0 Å². The Balaban J connectivity index is 2.01. The molecule has 2 aromatic rings. The molecular formula is C15H10IO2-. The number of allylic oxidation sites excluding steroid dienone is 2. The van der Waals surface area contributed by atoms with Crippen LogP contribution in [0, 0.1) is 0 Å². The van der Waals surface area contributed by atoms with Crippen LogP contribution in [0.15, 0.2) is 58.1 Å². The van der Waals surface area contributed by atoms with Gasteiger partial charge in [-0.25, -0.2) is 0 Å². The predicted octanol–water partition coefficient (Wildman–Crippen LogP) is 0.439. The first kappa shape index (κ1) is 10.4. The molecule has 2 aliphatic rings. The minimum absolute atomic E-state index is 0.0762. The van der Waals surface area contributed by atoms with Crippen LogP contribution in [-0.2, 0) is 0 Å². The van der Waals surface area contributed by atoms with Crippen molar-refractivity contribution in [3.63, 3.8) is 0 Å². The van der Waals surface area contributed by atoms with E-state index < -0.39 is 0 Å². The average Bonchev–Trinajstić information content (AvgIpc) is 2.57. The third-order valence-corrected chi connectivity index (χ3v) is 5.06. The van der Waals surface area contributed by atoms with E-state index in [0.29, 0.717) is 0 Å². The molecular weight excluding hydrogens is 339 g/mol. The zero-order valence-electron chi connectivity index (χ0n) is 9.52. The van der Waals surface area contributed by atoms with Crippen LogP contribution < -0.4 is 30.7 Å². The minimum atomic E-state index is 0.0762. The summed E-state index contributed by atoms with van der Waals surface area (Å²) in [5, 5.41) is 2.23. The van der Waals surface area contributed by atoms with Gasteiger partial charge in [-0.05, 0) is 0 Å².